The molecule has 1 aliphatic carbocycles. The van der Waals surface area contributed by atoms with Gasteiger partial charge in [0, 0.05) is 7.11 Å². The van der Waals surface area contributed by atoms with Crippen LogP contribution in [-0.4, -0.2) is 61.2 Å². The fraction of sp³-hybridized carbons (Fsp3) is 0.812. The van der Waals surface area contributed by atoms with Gasteiger partial charge in [0.15, 0.2) is 0 Å². The lowest BCUT2D eigenvalue weighted by atomic mass is 9.83. The van der Waals surface area contributed by atoms with Gasteiger partial charge >= 0.3 is 6.09 Å². The highest BCUT2D eigenvalue weighted by Gasteiger charge is 2.46. The fourth-order valence-corrected chi connectivity index (χ4v) is 4.58. The average Bonchev–Trinajstić information content (AvgIpc) is 3.03. The van der Waals surface area contributed by atoms with Crippen molar-refractivity contribution in [3.63, 3.8) is 0 Å². The van der Waals surface area contributed by atoms with Gasteiger partial charge in [-0.25, -0.2) is 13.6 Å². The Bertz CT molecular complexity index is 539. The Kier molecular flexibility index (Phi) is 7.63. The Balaban J connectivity index is 1.98. The summed E-state index contributed by atoms with van der Waals surface area (Å²) in [5.41, 5.74) is 0. The monoisotopic (exact) mass is 394 g/mol. The van der Waals surface area contributed by atoms with Gasteiger partial charge in [0.1, 0.15) is 18.3 Å². The minimum Gasteiger partial charge on any atom is -0.450 e. The Labute approximate surface area is 154 Å². The van der Waals surface area contributed by atoms with Crippen molar-refractivity contribution in [2.75, 3.05) is 19.5 Å². The second-order valence-electron chi connectivity index (χ2n) is 6.24. The van der Waals surface area contributed by atoms with Crippen LogP contribution >= 0.6 is 11.8 Å². The third-order valence-corrected chi connectivity index (χ3v) is 5.91. The van der Waals surface area contributed by atoms with Gasteiger partial charge < -0.3 is 14.8 Å². The third-order valence-electron chi connectivity index (χ3n) is 4.63. The van der Waals surface area contributed by atoms with E-state index in [1.807, 2.05) is 0 Å². The zero-order valence-corrected chi connectivity index (χ0v) is 15.5. The molecule has 2 fully saturated rings. The number of nitrogens with one attached hydrogen (secondary N) is 2. The number of carbonyl (C=O) groups is 3. The molecule has 1 saturated heterocycles. The van der Waals surface area contributed by atoms with Crippen LogP contribution in [0.25, 0.3) is 0 Å². The van der Waals surface area contributed by atoms with Gasteiger partial charge in [0.25, 0.3) is 0 Å². The third kappa shape index (κ3) is 4.85. The summed E-state index contributed by atoms with van der Waals surface area (Å²) in [5, 5.41) is 4.02. The van der Waals surface area contributed by atoms with Gasteiger partial charge in [-0.05, 0) is 31.9 Å². The number of alkyl halides is 2. The van der Waals surface area contributed by atoms with E-state index in [9.17, 15) is 23.2 Å². The highest BCUT2D eigenvalue weighted by Crippen LogP contribution is 2.34. The molecule has 1 aliphatic heterocycles. The molecule has 10 heteroatoms. The number of halogens is 2. The number of hydrogen-bond acceptors (Lipinski definition) is 6. The van der Waals surface area contributed by atoms with Crippen LogP contribution in [0, 0.1) is 11.8 Å². The maximum atomic E-state index is 14.4. The van der Waals surface area contributed by atoms with Crippen LogP contribution in [0.2, 0.25) is 0 Å². The average molecular weight is 394 g/mol. The van der Waals surface area contributed by atoms with Crippen molar-refractivity contribution < 1.29 is 32.6 Å². The van der Waals surface area contributed by atoms with E-state index in [1.54, 1.807) is 6.92 Å². The van der Waals surface area contributed by atoms with Crippen LogP contribution in [0.15, 0.2) is 0 Å². The minimum atomic E-state index is -1.75. The van der Waals surface area contributed by atoms with Crippen molar-refractivity contribution in [2.45, 2.75) is 50.0 Å². The fourth-order valence-electron chi connectivity index (χ4n) is 3.25. The van der Waals surface area contributed by atoms with Crippen molar-refractivity contribution in [2.24, 2.45) is 11.8 Å². The molecule has 0 aromatic carbocycles. The molecular weight excluding hydrogens is 370 g/mol. The Hall–Kier alpha value is -1.42. The van der Waals surface area contributed by atoms with Gasteiger partial charge in [0.05, 0.1) is 24.0 Å². The minimum absolute atomic E-state index is 0.0432. The Morgan fingerprint density at radius 1 is 1.15 bits per heavy atom. The Morgan fingerprint density at radius 3 is 2.54 bits per heavy atom. The summed E-state index contributed by atoms with van der Waals surface area (Å²) in [4.78, 5) is 36.0. The molecule has 0 aromatic rings. The summed E-state index contributed by atoms with van der Waals surface area (Å²) >= 11 is 1.30. The SMILES string of the molecule is CCOC(=O)NC(=O)C1CCSC1NC(=O)C1C(F)CCC(OC)C1F. The maximum Gasteiger partial charge on any atom is 0.413 e. The van der Waals surface area contributed by atoms with Crippen LogP contribution < -0.4 is 10.6 Å². The number of carbonyl (C=O) groups excluding carboxylic acids is 3. The molecule has 6 atom stereocenters. The van der Waals surface area contributed by atoms with E-state index in [1.165, 1.54) is 18.9 Å². The summed E-state index contributed by atoms with van der Waals surface area (Å²) < 4.78 is 38.2. The molecule has 1 heterocycles. The second-order valence-corrected chi connectivity index (χ2v) is 7.49. The normalized spacial score (nSPS) is 34.2. The molecule has 26 heavy (non-hydrogen) atoms. The molecule has 2 aliphatic rings. The van der Waals surface area contributed by atoms with Crippen molar-refractivity contribution >= 4 is 29.7 Å². The zero-order valence-electron chi connectivity index (χ0n) is 14.7. The number of alkyl carbamates (subject to hydrolysis) is 1. The molecule has 0 aromatic heterocycles. The molecule has 1 saturated carbocycles. The van der Waals surface area contributed by atoms with Gasteiger partial charge in [-0.2, -0.15) is 0 Å². The van der Waals surface area contributed by atoms with Crippen molar-refractivity contribution in [3.05, 3.63) is 0 Å². The van der Waals surface area contributed by atoms with Crippen LogP contribution in [0.3, 0.4) is 0 Å². The molecule has 0 spiro atoms. The summed E-state index contributed by atoms with van der Waals surface area (Å²) in [6, 6.07) is 0. The van der Waals surface area contributed by atoms with Gasteiger partial charge in [-0.3, -0.25) is 14.9 Å². The van der Waals surface area contributed by atoms with Crippen molar-refractivity contribution in [1.29, 1.82) is 0 Å². The number of imide groups is 1. The van der Waals surface area contributed by atoms with Crippen LogP contribution in [-0.2, 0) is 19.1 Å². The highest BCUT2D eigenvalue weighted by atomic mass is 32.2. The van der Waals surface area contributed by atoms with E-state index in [0.29, 0.717) is 12.2 Å². The molecule has 148 valence electrons. The first kappa shape index (κ1) is 20.9. The second kappa shape index (κ2) is 9.50. The van der Waals surface area contributed by atoms with Crippen LogP contribution in [0.5, 0.6) is 0 Å². The first-order valence-corrected chi connectivity index (χ1v) is 9.64. The van der Waals surface area contributed by atoms with Crippen molar-refractivity contribution in [3.8, 4) is 0 Å². The first-order valence-electron chi connectivity index (χ1n) is 8.59. The number of ether oxygens (including phenoxy) is 2. The molecule has 2 rings (SSSR count). The quantitative estimate of drug-likeness (QED) is 0.735. The lowest BCUT2D eigenvalue weighted by Crippen LogP contribution is -2.53. The molecule has 0 radical (unpaired) electrons. The van der Waals surface area contributed by atoms with Gasteiger partial charge in [-0.1, -0.05) is 0 Å². The number of rotatable bonds is 5. The van der Waals surface area contributed by atoms with E-state index >= 15 is 0 Å². The van der Waals surface area contributed by atoms with Crippen LogP contribution in [0.4, 0.5) is 13.6 Å². The topological polar surface area (TPSA) is 93.7 Å². The maximum absolute atomic E-state index is 14.4. The summed E-state index contributed by atoms with van der Waals surface area (Å²) in [6.07, 6.45) is -4.34. The molecule has 6 unspecified atom stereocenters. The zero-order chi connectivity index (χ0) is 19.3. The number of hydrogen-bond donors (Lipinski definition) is 2. The smallest absolute Gasteiger partial charge is 0.413 e. The first-order chi connectivity index (χ1) is 12.4. The largest absolute Gasteiger partial charge is 0.450 e. The van der Waals surface area contributed by atoms with Gasteiger partial charge in [0.2, 0.25) is 11.8 Å². The molecule has 0 bridgehead atoms. The van der Waals surface area contributed by atoms with Crippen LogP contribution in [0.1, 0.15) is 26.2 Å². The van der Waals surface area contributed by atoms with E-state index in [0.717, 1.165) is 0 Å². The van der Waals surface area contributed by atoms with Gasteiger partial charge in [-0.15, -0.1) is 11.8 Å². The summed E-state index contributed by atoms with van der Waals surface area (Å²) in [5.74, 6) is -2.92. The lowest BCUT2D eigenvalue weighted by molar-refractivity contribution is -0.137. The Morgan fingerprint density at radius 2 is 1.88 bits per heavy atom. The molecule has 7 nitrogen and oxygen atoms in total. The predicted molar refractivity (Wildman–Crippen MR) is 91.0 cm³/mol. The number of thioether (sulfide) groups is 1. The van der Waals surface area contributed by atoms with E-state index in [2.05, 4.69) is 15.4 Å². The summed E-state index contributed by atoms with van der Waals surface area (Å²) in [6.45, 7) is 1.73. The molecular formula is C16H24F2N2O5S. The van der Waals surface area contributed by atoms with Crippen molar-refractivity contribution in [1.82, 2.24) is 10.6 Å². The molecule has 2 N–H and O–H groups in total. The van der Waals surface area contributed by atoms with E-state index < -0.39 is 53.6 Å². The van der Waals surface area contributed by atoms with E-state index in [-0.39, 0.29) is 19.4 Å². The standard InChI is InChI=1S/C16H24F2N2O5S/c1-3-25-16(23)20-13(21)8-6-7-26-15(8)19-14(22)11-9(17)4-5-10(24-2)12(11)18/h8-12,15H,3-7H2,1-2H3,(H,19,22)(H,20,21,23). The molecule has 3 amide bonds. The number of amides is 3. The lowest BCUT2D eigenvalue weighted by Gasteiger charge is -2.34. The van der Waals surface area contributed by atoms with E-state index in [4.69, 9.17) is 4.74 Å². The highest BCUT2D eigenvalue weighted by molar-refractivity contribution is 8.00. The summed E-state index contributed by atoms with van der Waals surface area (Å²) in [7, 11) is 1.33. The predicted octanol–water partition coefficient (Wildman–Crippen LogP) is 1.56. The number of methoxy groups -OCH3 is 1.